The standard InChI is InChI=1S/C10H10N4O4/c1-13-10(17)14(12-11-13)7-4-3-6(9(15)16)5-8(7)18-2/h3-5H,1-2H3,(H,15,16). The van der Waals surface area contributed by atoms with E-state index < -0.39 is 11.7 Å². The average molecular weight is 250 g/mol. The second kappa shape index (κ2) is 4.32. The summed E-state index contributed by atoms with van der Waals surface area (Å²) in [4.78, 5) is 22.5. The molecule has 18 heavy (non-hydrogen) atoms. The molecule has 0 fully saturated rings. The van der Waals surface area contributed by atoms with Crippen molar-refractivity contribution >= 4 is 5.97 Å². The molecule has 0 aliphatic heterocycles. The molecule has 1 N–H and O–H groups in total. The first-order chi connectivity index (χ1) is 8.54. The van der Waals surface area contributed by atoms with Gasteiger partial charge < -0.3 is 9.84 Å². The van der Waals surface area contributed by atoms with Crippen LogP contribution in [0.2, 0.25) is 0 Å². The molecule has 8 heteroatoms. The second-order valence-electron chi connectivity index (χ2n) is 3.49. The van der Waals surface area contributed by atoms with Gasteiger partial charge in [-0.3, -0.25) is 0 Å². The van der Waals surface area contributed by atoms with Crippen molar-refractivity contribution < 1.29 is 14.6 Å². The molecule has 1 aromatic carbocycles. The Bertz CT molecular complexity index is 658. The zero-order chi connectivity index (χ0) is 13.3. The van der Waals surface area contributed by atoms with Gasteiger partial charge in [-0.05, 0) is 28.6 Å². The van der Waals surface area contributed by atoms with Crippen LogP contribution in [0.3, 0.4) is 0 Å². The highest BCUT2D eigenvalue weighted by atomic mass is 16.5. The summed E-state index contributed by atoms with van der Waals surface area (Å²) in [5.74, 6) is -0.844. The molecule has 0 atom stereocenters. The van der Waals surface area contributed by atoms with E-state index in [0.29, 0.717) is 5.69 Å². The fourth-order valence-corrected chi connectivity index (χ4v) is 1.45. The van der Waals surface area contributed by atoms with Crippen molar-refractivity contribution in [2.75, 3.05) is 7.11 Å². The highest BCUT2D eigenvalue weighted by Gasteiger charge is 2.14. The molecule has 2 aromatic rings. The molecular weight excluding hydrogens is 240 g/mol. The molecule has 8 nitrogen and oxygen atoms in total. The van der Waals surface area contributed by atoms with Crippen LogP contribution in [-0.4, -0.2) is 38.0 Å². The monoisotopic (exact) mass is 250 g/mol. The van der Waals surface area contributed by atoms with Crippen molar-refractivity contribution in [3.05, 3.63) is 34.2 Å². The number of rotatable bonds is 3. The van der Waals surface area contributed by atoms with Gasteiger partial charge >= 0.3 is 11.7 Å². The number of hydrogen-bond acceptors (Lipinski definition) is 5. The van der Waals surface area contributed by atoms with Crippen molar-refractivity contribution in [2.45, 2.75) is 0 Å². The maximum absolute atomic E-state index is 11.7. The average Bonchev–Trinajstić information content (AvgIpc) is 2.69. The zero-order valence-electron chi connectivity index (χ0n) is 9.69. The summed E-state index contributed by atoms with van der Waals surface area (Å²) >= 11 is 0. The Balaban J connectivity index is 2.62. The molecule has 2 rings (SSSR count). The summed E-state index contributed by atoms with van der Waals surface area (Å²) in [5, 5.41) is 16.1. The third kappa shape index (κ3) is 1.83. The smallest absolute Gasteiger partial charge is 0.368 e. The Morgan fingerprint density at radius 3 is 2.61 bits per heavy atom. The van der Waals surface area contributed by atoms with Crippen LogP contribution < -0.4 is 10.4 Å². The number of aryl methyl sites for hydroxylation is 1. The number of hydrogen-bond donors (Lipinski definition) is 1. The van der Waals surface area contributed by atoms with Gasteiger partial charge in [0.05, 0.1) is 12.7 Å². The van der Waals surface area contributed by atoms with Gasteiger partial charge in [0.1, 0.15) is 11.4 Å². The molecule has 0 unspecified atom stereocenters. The number of benzene rings is 1. The predicted molar refractivity (Wildman–Crippen MR) is 60.1 cm³/mol. The van der Waals surface area contributed by atoms with Crippen LogP contribution in [0, 0.1) is 0 Å². The van der Waals surface area contributed by atoms with Crippen molar-refractivity contribution in [1.82, 2.24) is 19.8 Å². The molecule has 1 heterocycles. The second-order valence-corrected chi connectivity index (χ2v) is 3.49. The van der Waals surface area contributed by atoms with E-state index >= 15 is 0 Å². The van der Waals surface area contributed by atoms with Gasteiger partial charge in [-0.15, -0.1) is 0 Å². The fraction of sp³-hybridized carbons (Fsp3) is 0.200. The van der Waals surface area contributed by atoms with Gasteiger partial charge in [0.2, 0.25) is 0 Å². The van der Waals surface area contributed by atoms with E-state index in [4.69, 9.17) is 9.84 Å². The van der Waals surface area contributed by atoms with Crippen molar-refractivity contribution in [3.8, 4) is 11.4 Å². The first-order valence-corrected chi connectivity index (χ1v) is 4.95. The largest absolute Gasteiger partial charge is 0.494 e. The van der Waals surface area contributed by atoms with Gasteiger partial charge in [-0.1, -0.05) is 0 Å². The number of nitrogens with zero attached hydrogens (tertiary/aromatic N) is 4. The number of aromatic carboxylic acids is 1. The first-order valence-electron chi connectivity index (χ1n) is 4.95. The molecular formula is C10H10N4O4. The zero-order valence-corrected chi connectivity index (χ0v) is 9.69. The maximum Gasteiger partial charge on any atom is 0.368 e. The van der Waals surface area contributed by atoms with E-state index in [1.54, 1.807) is 0 Å². The topological polar surface area (TPSA) is 99.2 Å². The maximum atomic E-state index is 11.7. The number of carbonyl (C=O) groups is 1. The molecule has 1 aromatic heterocycles. The highest BCUT2D eigenvalue weighted by molar-refractivity contribution is 5.88. The molecule has 0 saturated heterocycles. The molecule has 0 aliphatic rings. The third-order valence-electron chi connectivity index (χ3n) is 2.38. The third-order valence-corrected chi connectivity index (χ3v) is 2.38. The van der Waals surface area contributed by atoms with Crippen LogP contribution >= 0.6 is 0 Å². The van der Waals surface area contributed by atoms with Crippen LogP contribution in [0.5, 0.6) is 5.75 Å². The van der Waals surface area contributed by atoms with Crippen molar-refractivity contribution in [3.63, 3.8) is 0 Å². The van der Waals surface area contributed by atoms with Gasteiger partial charge in [0, 0.05) is 7.05 Å². The Kier molecular flexibility index (Phi) is 2.84. The number of carboxylic acids is 1. The molecule has 94 valence electrons. The van der Waals surface area contributed by atoms with Crippen LogP contribution in [0.1, 0.15) is 10.4 Å². The molecule has 0 amide bonds. The lowest BCUT2D eigenvalue weighted by Crippen LogP contribution is -2.22. The molecule has 0 saturated carbocycles. The number of carboxylic acid groups (broad SMARTS) is 1. The molecule has 0 radical (unpaired) electrons. The SMILES string of the molecule is COc1cc(C(=O)O)ccc1-n1nnn(C)c1=O. The number of aromatic nitrogens is 4. The van der Waals surface area contributed by atoms with E-state index in [-0.39, 0.29) is 11.3 Å². The molecule has 0 aliphatic carbocycles. The van der Waals surface area contributed by atoms with E-state index in [1.165, 1.54) is 32.4 Å². The van der Waals surface area contributed by atoms with Crippen LogP contribution in [0.15, 0.2) is 23.0 Å². The quantitative estimate of drug-likeness (QED) is 0.800. The van der Waals surface area contributed by atoms with Crippen molar-refractivity contribution in [1.29, 1.82) is 0 Å². The predicted octanol–water partition coefficient (Wildman–Crippen LogP) is -0.327. The van der Waals surface area contributed by atoms with E-state index in [2.05, 4.69) is 10.4 Å². The lowest BCUT2D eigenvalue weighted by atomic mass is 10.2. The summed E-state index contributed by atoms with van der Waals surface area (Å²) in [5.41, 5.74) is -0.0514. The van der Waals surface area contributed by atoms with E-state index in [0.717, 1.165) is 9.36 Å². The Labute approximate surface area is 101 Å². The first kappa shape index (κ1) is 11.8. The van der Waals surface area contributed by atoms with E-state index in [1.807, 2.05) is 0 Å². The van der Waals surface area contributed by atoms with Gasteiger partial charge in [-0.25, -0.2) is 9.59 Å². The van der Waals surface area contributed by atoms with Gasteiger partial charge in [0.15, 0.2) is 0 Å². The Morgan fingerprint density at radius 1 is 1.39 bits per heavy atom. The summed E-state index contributed by atoms with van der Waals surface area (Å²) in [6.07, 6.45) is 0. The lowest BCUT2D eigenvalue weighted by molar-refractivity contribution is 0.0696. The number of methoxy groups -OCH3 is 1. The van der Waals surface area contributed by atoms with Crippen LogP contribution in [0.4, 0.5) is 0 Å². The normalized spacial score (nSPS) is 10.3. The minimum atomic E-state index is -1.08. The highest BCUT2D eigenvalue weighted by Crippen LogP contribution is 2.22. The van der Waals surface area contributed by atoms with Gasteiger partial charge in [-0.2, -0.15) is 9.36 Å². The summed E-state index contributed by atoms with van der Waals surface area (Å²) in [6.45, 7) is 0. The Morgan fingerprint density at radius 2 is 2.11 bits per heavy atom. The van der Waals surface area contributed by atoms with Gasteiger partial charge in [0.25, 0.3) is 0 Å². The Hall–Kier alpha value is -2.64. The minimum Gasteiger partial charge on any atom is -0.494 e. The minimum absolute atomic E-state index is 0.0625. The summed E-state index contributed by atoms with van der Waals surface area (Å²) < 4.78 is 7.15. The number of ether oxygens (including phenoxy) is 1. The fourth-order valence-electron chi connectivity index (χ4n) is 1.45. The lowest BCUT2D eigenvalue weighted by Gasteiger charge is -2.07. The summed E-state index contributed by atoms with van der Waals surface area (Å²) in [7, 11) is 2.84. The van der Waals surface area contributed by atoms with Crippen molar-refractivity contribution in [2.24, 2.45) is 7.05 Å². The van der Waals surface area contributed by atoms with Crippen LogP contribution in [-0.2, 0) is 7.05 Å². The van der Waals surface area contributed by atoms with Crippen LogP contribution in [0.25, 0.3) is 5.69 Å². The molecule has 0 spiro atoms. The molecule has 0 bridgehead atoms. The van der Waals surface area contributed by atoms with E-state index in [9.17, 15) is 9.59 Å². The summed E-state index contributed by atoms with van der Waals surface area (Å²) in [6, 6.07) is 4.12. The number of tetrazole rings is 1.